The lowest BCUT2D eigenvalue weighted by molar-refractivity contribution is -0.133. The molecule has 31 heavy (non-hydrogen) atoms. The highest BCUT2D eigenvalue weighted by Crippen LogP contribution is 2.51. The minimum absolute atomic E-state index is 0.102. The lowest BCUT2D eigenvalue weighted by Crippen LogP contribution is -2.50. The summed E-state index contributed by atoms with van der Waals surface area (Å²) in [4.78, 5) is 14.6. The summed E-state index contributed by atoms with van der Waals surface area (Å²) >= 11 is 0. The van der Waals surface area contributed by atoms with Crippen molar-refractivity contribution in [3.8, 4) is 11.1 Å². The average molecular weight is 452 g/mol. The minimum Gasteiger partial charge on any atom is -0.341 e. The van der Waals surface area contributed by atoms with Crippen LogP contribution in [0.25, 0.3) is 11.1 Å². The van der Waals surface area contributed by atoms with E-state index >= 15 is 0 Å². The molecule has 0 radical (unpaired) electrons. The highest BCUT2D eigenvalue weighted by molar-refractivity contribution is 7.89. The van der Waals surface area contributed by atoms with E-state index in [1.54, 1.807) is 29.2 Å². The first-order chi connectivity index (χ1) is 14.8. The Morgan fingerprint density at radius 3 is 2.52 bits per heavy atom. The van der Waals surface area contributed by atoms with E-state index in [-0.39, 0.29) is 29.9 Å². The molecule has 1 saturated carbocycles. The number of piperidine rings is 1. The Hall–Kier alpha value is -2.39. The summed E-state index contributed by atoms with van der Waals surface area (Å²) in [6.07, 6.45) is 1.70. The van der Waals surface area contributed by atoms with Gasteiger partial charge in [-0.1, -0.05) is 30.3 Å². The number of carbonyl (C=O) groups is 1. The maximum atomic E-state index is 14.4. The number of nitrogens with one attached hydrogen (secondary N) is 1. The number of rotatable bonds is 6. The van der Waals surface area contributed by atoms with Crippen LogP contribution >= 0.6 is 0 Å². The summed E-state index contributed by atoms with van der Waals surface area (Å²) in [7, 11) is -4.00. The van der Waals surface area contributed by atoms with Gasteiger partial charge in [-0.25, -0.2) is 26.3 Å². The predicted octanol–water partition coefficient (Wildman–Crippen LogP) is 3.57. The van der Waals surface area contributed by atoms with Gasteiger partial charge >= 0.3 is 0 Å². The van der Waals surface area contributed by atoms with Crippen LogP contribution in [0.15, 0.2) is 42.5 Å². The number of likely N-dealkylation sites (tertiary alicyclic amines) is 1. The summed E-state index contributed by atoms with van der Waals surface area (Å²) in [5, 5.41) is 0. The van der Waals surface area contributed by atoms with Gasteiger partial charge in [0.25, 0.3) is 0 Å². The van der Waals surface area contributed by atoms with Crippen molar-refractivity contribution in [3.63, 3.8) is 0 Å². The number of sulfonamides is 1. The lowest BCUT2D eigenvalue weighted by atomic mass is 9.95. The molecule has 4 rings (SSSR count). The van der Waals surface area contributed by atoms with Crippen molar-refractivity contribution in [3.05, 3.63) is 59.7 Å². The Kier molecular flexibility index (Phi) is 6.07. The van der Waals surface area contributed by atoms with Crippen molar-refractivity contribution in [1.82, 2.24) is 9.62 Å². The zero-order valence-electron chi connectivity index (χ0n) is 16.7. The molecule has 1 amide bonds. The van der Waals surface area contributed by atoms with Gasteiger partial charge in [0, 0.05) is 25.0 Å². The number of carbonyl (C=O) groups excluding carboxylic acids is 1. The third-order valence-electron chi connectivity index (χ3n) is 5.92. The summed E-state index contributed by atoms with van der Waals surface area (Å²) in [5.41, 5.74) is 1.05. The lowest BCUT2D eigenvalue weighted by Gasteiger charge is -2.33. The first-order valence-corrected chi connectivity index (χ1v) is 11.8. The molecular weight excluding hydrogens is 429 g/mol. The van der Waals surface area contributed by atoms with Crippen molar-refractivity contribution >= 4 is 15.9 Å². The Morgan fingerprint density at radius 2 is 1.81 bits per heavy atom. The van der Waals surface area contributed by atoms with E-state index in [9.17, 15) is 26.4 Å². The molecule has 2 fully saturated rings. The monoisotopic (exact) mass is 452 g/mol. The summed E-state index contributed by atoms with van der Waals surface area (Å²) in [5.74, 6) is -1.92. The quantitative estimate of drug-likeness (QED) is 0.729. The number of hydrogen-bond acceptors (Lipinski definition) is 3. The smallest absolute Gasteiger partial charge is 0.241 e. The van der Waals surface area contributed by atoms with Crippen LogP contribution in [-0.4, -0.2) is 44.4 Å². The number of halogens is 3. The third-order valence-corrected chi connectivity index (χ3v) is 6.90. The summed E-state index contributed by atoms with van der Waals surface area (Å²) in [6.45, 7) is 0.685. The fourth-order valence-electron chi connectivity index (χ4n) is 4.41. The molecule has 2 aliphatic rings. The van der Waals surface area contributed by atoms with Gasteiger partial charge in [-0.2, -0.15) is 0 Å². The molecule has 0 aromatic heterocycles. The molecule has 9 heteroatoms. The second-order valence-electron chi connectivity index (χ2n) is 8.10. The van der Waals surface area contributed by atoms with Crippen LogP contribution < -0.4 is 4.72 Å². The third kappa shape index (κ3) is 4.62. The average Bonchev–Trinajstić information content (AvgIpc) is 3.54. The van der Waals surface area contributed by atoms with Crippen LogP contribution in [0.3, 0.4) is 0 Å². The van der Waals surface area contributed by atoms with Gasteiger partial charge in [0.1, 0.15) is 11.6 Å². The highest BCUT2D eigenvalue weighted by Gasteiger charge is 2.47. The molecule has 166 valence electrons. The van der Waals surface area contributed by atoms with Crippen LogP contribution in [0, 0.1) is 17.6 Å². The van der Waals surface area contributed by atoms with Crippen LogP contribution in [0.1, 0.15) is 30.7 Å². The van der Waals surface area contributed by atoms with Gasteiger partial charge in [-0.15, -0.1) is 0 Å². The number of amides is 1. The topological polar surface area (TPSA) is 66.5 Å². The molecule has 2 unspecified atom stereocenters. The SMILES string of the molecule is O=C(C1CC1c1ccccc1-c1c(F)cccc1F)N1CCC[C@H](NS(=O)(=O)CF)C1. The Bertz CT molecular complexity index is 1070. The standard InChI is InChI=1S/C22H23F3N2O3S/c23-13-31(29,30)26-14-5-4-10-27(12-14)22(28)18-11-17(18)15-6-1-2-7-16(15)21-19(24)8-3-9-20(21)25/h1-3,6-9,14,17-18,26H,4-5,10-13H2/t14-,17?,18?/m0/s1. The van der Waals surface area contributed by atoms with Crippen LogP contribution in [0.5, 0.6) is 0 Å². The second-order valence-corrected chi connectivity index (χ2v) is 9.78. The predicted molar refractivity (Wildman–Crippen MR) is 110 cm³/mol. The fraction of sp³-hybridized carbons (Fsp3) is 0.409. The van der Waals surface area contributed by atoms with E-state index in [0.717, 1.165) is 5.56 Å². The van der Waals surface area contributed by atoms with Crippen molar-refractivity contribution < 1.29 is 26.4 Å². The van der Waals surface area contributed by atoms with E-state index in [1.165, 1.54) is 18.2 Å². The number of nitrogens with zero attached hydrogens (tertiary/aromatic N) is 1. The first-order valence-electron chi connectivity index (χ1n) is 10.2. The number of benzene rings is 2. The van der Waals surface area contributed by atoms with Gasteiger partial charge in [-0.05, 0) is 48.4 Å². The summed E-state index contributed by atoms with van der Waals surface area (Å²) in [6, 6.07) is 8.63. The Morgan fingerprint density at radius 1 is 1.10 bits per heavy atom. The number of alkyl halides is 1. The molecule has 0 spiro atoms. The van der Waals surface area contributed by atoms with Crippen molar-refractivity contribution in [2.24, 2.45) is 5.92 Å². The van der Waals surface area contributed by atoms with E-state index in [2.05, 4.69) is 4.72 Å². The minimum atomic E-state index is -4.00. The molecule has 2 aromatic carbocycles. The van der Waals surface area contributed by atoms with Crippen molar-refractivity contribution in [2.75, 3.05) is 19.1 Å². The first kappa shape index (κ1) is 21.8. The van der Waals surface area contributed by atoms with Gasteiger partial charge in [0.05, 0.1) is 5.56 Å². The van der Waals surface area contributed by atoms with Crippen LogP contribution in [-0.2, 0) is 14.8 Å². The van der Waals surface area contributed by atoms with Crippen molar-refractivity contribution in [1.29, 1.82) is 0 Å². The van der Waals surface area contributed by atoms with E-state index in [0.29, 0.717) is 31.4 Å². The molecule has 1 aliphatic carbocycles. The van der Waals surface area contributed by atoms with Crippen LogP contribution in [0.4, 0.5) is 13.2 Å². The fourth-order valence-corrected chi connectivity index (χ4v) is 5.17. The van der Waals surface area contributed by atoms with Gasteiger partial charge in [-0.3, -0.25) is 4.79 Å². The Labute approximate surface area is 179 Å². The van der Waals surface area contributed by atoms with Crippen LogP contribution in [0.2, 0.25) is 0 Å². The zero-order chi connectivity index (χ0) is 22.2. The van der Waals surface area contributed by atoms with Crippen molar-refractivity contribution in [2.45, 2.75) is 31.2 Å². The molecule has 1 heterocycles. The van der Waals surface area contributed by atoms with Gasteiger partial charge in [0.15, 0.2) is 0 Å². The summed E-state index contributed by atoms with van der Waals surface area (Å²) < 4.78 is 66.6. The molecule has 2 aromatic rings. The molecule has 3 atom stereocenters. The van der Waals surface area contributed by atoms with Gasteiger partial charge < -0.3 is 4.90 Å². The van der Waals surface area contributed by atoms with Gasteiger partial charge in [0.2, 0.25) is 21.9 Å². The maximum Gasteiger partial charge on any atom is 0.241 e. The molecule has 1 saturated heterocycles. The number of hydrogen-bond donors (Lipinski definition) is 1. The normalized spacial score (nSPS) is 23.6. The molecular formula is C22H23F3N2O3S. The Balaban J connectivity index is 1.50. The zero-order valence-corrected chi connectivity index (χ0v) is 17.5. The van der Waals surface area contributed by atoms with E-state index in [1.807, 2.05) is 0 Å². The maximum absolute atomic E-state index is 14.4. The second kappa shape index (κ2) is 8.63. The molecule has 1 N–H and O–H groups in total. The molecule has 5 nitrogen and oxygen atoms in total. The largest absolute Gasteiger partial charge is 0.341 e. The molecule has 0 bridgehead atoms. The molecule has 1 aliphatic heterocycles. The van der Waals surface area contributed by atoms with E-state index < -0.39 is 33.7 Å². The van der Waals surface area contributed by atoms with E-state index in [4.69, 9.17) is 0 Å². The highest BCUT2D eigenvalue weighted by atomic mass is 32.2.